The largest absolute Gasteiger partial charge is 0.493 e. The molecule has 2 aromatic carbocycles. The standard InChI is InChI=1S/C24H22O9/c1-4-30-24(27)22-19(13-9-10-16(17(11-13)28-2)31-12-18(25)29-3)20-21(33-22)14-7-5-6-8-15(14)32-23(20)26/h5-11,19,22H,4,12H2,1-3H3. The Morgan fingerprint density at radius 2 is 1.85 bits per heavy atom. The van der Waals surface area contributed by atoms with Crippen LogP contribution in [0, 0.1) is 0 Å². The molecule has 9 heteroatoms. The minimum absolute atomic E-state index is 0.154. The third-order valence-corrected chi connectivity index (χ3v) is 5.30. The molecular formula is C24H22O9. The molecule has 0 N–H and O–H groups in total. The molecule has 172 valence electrons. The van der Waals surface area contributed by atoms with Crippen LogP contribution >= 0.6 is 0 Å². The molecule has 1 aromatic heterocycles. The van der Waals surface area contributed by atoms with Crippen molar-refractivity contribution in [2.75, 3.05) is 27.4 Å². The number of benzene rings is 2. The molecule has 1 aliphatic heterocycles. The fraction of sp³-hybridized carbons (Fsp3) is 0.292. The van der Waals surface area contributed by atoms with Crippen LogP contribution in [0.4, 0.5) is 0 Å². The number of hydrogen-bond acceptors (Lipinski definition) is 9. The van der Waals surface area contributed by atoms with Gasteiger partial charge in [-0.15, -0.1) is 0 Å². The molecule has 2 heterocycles. The molecule has 0 fully saturated rings. The summed E-state index contributed by atoms with van der Waals surface area (Å²) in [5.74, 6) is -1.07. The van der Waals surface area contributed by atoms with E-state index >= 15 is 0 Å². The third-order valence-electron chi connectivity index (χ3n) is 5.30. The summed E-state index contributed by atoms with van der Waals surface area (Å²) in [7, 11) is 2.70. The highest BCUT2D eigenvalue weighted by atomic mass is 16.6. The molecule has 0 spiro atoms. The second kappa shape index (κ2) is 9.23. The van der Waals surface area contributed by atoms with Crippen molar-refractivity contribution in [1.29, 1.82) is 0 Å². The van der Waals surface area contributed by atoms with Gasteiger partial charge in [-0.1, -0.05) is 18.2 Å². The van der Waals surface area contributed by atoms with E-state index in [1.807, 2.05) is 0 Å². The topological polar surface area (TPSA) is 111 Å². The summed E-state index contributed by atoms with van der Waals surface area (Å²) in [6, 6.07) is 11.8. The van der Waals surface area contributed by atoms with Crippen molar-refractivity contribution in [3.05, 3.63) is 64.0 Å². The summed E-state index contributed by atoms with van der Waals surface area (Å²) in [5, 5.41) is 0.578. The van der Waals surface area contributed by atoms with Gasteiger partial charge in [-0.05, 0) is 36.8 Å². The molecule has 0 bridgehead atoms. The van der Waals surface area contributed by atoms with Crippen molar-refractivity contribution in [2.45, 2.75) is 18.9 Å². The van der Waals surface area contributed by atoms with Crippen LogP contribution in [-0.2, 0) is 19.1 Å². The van der Waals surface area contributed by atoms with Crippen LogP contribution in [0.2, 0.25) is 0 Å². The van der Waals surface area contributed by atoms with Crippen LogP contribution in [0.5, 0.6) is 17.2 Å². The summed E-state index contributed by atoms with van der Waals surface area (Å²) < 4.78 is 32.2. The Morgan fingerprint density at radius 3 is 2.58 bits per heavy atom. The normalized spacial score (nSPS) is 16.6. The molecule has 33 heavy (non-hydrogen) atoms. The van der Waals surface area contributed by atoms with Crippen molar-refractivity contribution in [2.24, 2.45) is 0 Å². The van der Waals surface area contributed by atoms with E-state index in [4.69, 9.17) is 23.4 Å². The molecule has 0 amide bonds. The second-order valence-electron chi connectivity index (χ2n) is 7.17. The molecule has 0 radical (unpaired) electrons. The molecule has 4 rings (SSSR count). The summed E-state index contributed by atoms with van der Waals surface area (Å²) in [5.41, 5.74) is 0.521. The zero-order valence-corrected chi connectivity index (χ0v) is 18.3. The Labute approximate surface area is 188 Å². The number of fused-ring (bicyclic) bond motifs is 3. The second-order valence-corrected chi connectivity index (χ2v) is 7.17. The molecule has 0 saturated heterocycles. The van der Waals surface area contributed by atoms with Crippen LogP contribution in [0.15, 0.2) is 51.7 Å². The van der Waals surface area contributed by atoms with E-state index in [-0.39, 0.29) is 24.5 Å². The van der Waals surface area contributed by atoms with E-state index in [1.54, 1.807) is 49.4 Å². The Kier molecular flexibility index (Phi) is 6.21. The van der Waals surface area contributed by atoms with Crippen LogP contribution in [-0.4, -0.2) is 45.5 Å². The van der Waals surface area contributed by atoms with Gasteiger partial charge in [0.2, 0.25) is 6.10 Å². The van der Waals surface area contributed by atoms with E-state index in [2.05, 4.69) is 4.74 Å². The van der Waals surface area contributed by atoms with Crippen molar-refractivity contribution in [3.8, 4) is 17.2 Å². The van der Waals surface area contributed by atoms with E-state index in [0.29, 0.717) is 28.0 Å². The maximum absolute atomic E-state index is 13.0. The Bertz CT molecular complexity index is 1260. The van der Waals surface area contributed by atoms with E-state index in [1.165, 1.54) is 14.2 Å². The lowest BCUT2D eigenvalue weighted by molar-refractivity contribution is -0.151. The van der Waals surface area contributed by atoms with Gasteiger partial charge in [0.1, 0.15) is 11.3 Å². The Balaban J connectivity index is 1.82. The number of carbonyl (C=O) groups excluding carboxylic acids is 2. The van der Waals surface area contributed by atoms with Gasteiger partial charge in [0.15, 0.2) is 18.1 Å². The van der Waals surface area contributed by atoms with Crippen molar-refractivity contribution >= 4 is 22.9 Å². The lowest BCUT2D eigenvalue weighted by atomic mass is 9.88. The lowest BCUT2D eigenvalue weighted by Gasteiger charge is -2.19. The predicted octanol–water partition coefficient (Wildman–Crippen LogP) is 2.81. The SMILES string of the molecule is CCOC(=O)C1Oc2c(c(=O)oc3ccccc23)C1c1ccc(OCC(=O)OC)c(OC)c1. The number of methoxy groups -OCH3 is 2. The highest BCUT2D eigenvalue weighted by Gasteiger charge is 2.45. The highest BCUT2D eigenvalue weighted by Crippen LogP contribution is 2.46. The number of esters is 2. The fourth-order valence-corrected chi connectivity index (χ4v) is 3.82. The summed E-state index contributed by atoms with van der Waals surface area (Å²) in [6.45, 7) is 1.54. The number of ether oxygens (including phenoxy) is 5. The van der Waals surface area contributed by atoms with Crippen molar-refractivity contribution in [1.82, 2.24) is 0 Å². The summed E-state index contributed by atoms with van der Waals surface area (Å²) in [6.07, 6.45) is -1.10. The first kappa shape index (κ1) is 22.2. The first-order chi connectivity index (χ1) is 16.0. The van der Waals surface area contributed by atoms with E-state index in [0.717, 1.165) is 0 Å². The van der Waals surface area contributed by atoms with Gasteiger partial charge in [0.05, 0.1) is 37.7 Å². The number of rotatable bonds is 7. The van der Waals surface area contributed by atoms with Gasteiger partial charge >= 0.3 is 17.6 Å². The van der Waals surface area contributed by atoms with Crippen LogP contribution in [0.3, 0.4) is 0 Å². The summed E-state index contributed by atoms with van der Waals surface area (Å²) in [4.78, 5) is 37.2. The number of hydrogen-bond donors (Lipinski definition) is 0. The molecule has 9 nitrogen and oxygen atoms in total. The average Bonchev–Trinajstić information content (AvgIpc) is 3.24. The van der Waals surface area contributed by atoms with E-state index in [9.17, 15) is 14.4 Å². The van der Waals surface area contributed by atoms with Crippen LogP contribution in [0.25, 0.3) is 11.0 Å². The minimum Gasteiger partial charge on any atom is -0.493 e. The number of carbonyl (C=O) groups is 2. The van der Waals surface area contributed by atoms with Gasteiger partial charge in [-0.3, -0.25) is 0 Å². The van der Waals surface area contributed by atoms with Crippen LogP contribution in [0.1, 0.15) is 24.0 Å². The Morgan fingerprint density at radius 1 is 1.06 bits per heavy atom. The predicted molar refractivity (Wildman–Crippen MR) is 116 cm³/mol. The highest BCUT2D eigenvalue weighted by molar-refractivity contribution is 5.88. The zero-order valence-electron chi connectivity index (χ0n) is 18.3. The lowest BCUT2D eigenvalue weighted by Crippen LogP contribution is -2.32. The maximum atomic E-state index is 13.0. The minimum atomic E-state index is -1.10. The third kappa shape index (κ3) is 4.09. The van der Waals surface area contributed by atoms with Gasteiger partial charge in [-0.25, -0.2) is 14.4 Å². The summed E-state index contributed by atoms with van der Waals surface area (Å²) >= 11 is 0. The molecule has 2 unspecified atom stereocenters. The van der Waals surface area contributed by atoms with Gasteiger partial charge in [0.25, 0.3) is 0 Å². The molecule has 2 atom stereocenters. The molecular weight excluding hydrogens is 432 g/mol. The fourth-order valence-electron chi connectivity index (χ4n) is 3.82. The molecule has 0 saturated carbocycles. The van der Waals surface area contributed by atoms with Crippen LogP contribution < -0.4 is 19.8 Å². The Hall–Kier alpha value is -4.01. The number of para-hydroxylation sites is 1. The average molecular weight is 454 g/mol. The quantitative estimate of drug-likeness (QED) is 0.393. The molecule has 1 aliphatic rings. The zero-order chi connectivity index (χ0) is 23.5. The van der Waals surface area contributed by atoms with Crippen molar-refractivity contribution < 1.29 is 37.7 Å². The first-order valence-electron chi connectivity index (χ1n) is 10.2. The van der Waals surface area contributed by atoms with E-state index < -0.39 is 29.6 Å². The van der Waals surface area contributed by atoms with Gasteiger partial charge < -0.3 is 28.1 Å². The molecule has 3 aromatic rings. The monoisotopic (exact) mass is 454 g/mol. The molecule has 0 aliphatic carbocycles. The van der Waals surface area contributed by atoms with Gasteiger partial charge in [-0.2, -0.15) is 0 Å². The first-order valence-corrected chi connectivity index (χ1v) is 10.2. The maximum Gasteiger partial charge on any atom is 0.348 e. The van der Waals surface area contributed by atoms with Gasteiger partial charge in [0, 0.05) is 0 Å². The van der Waals surface area contributed by atoms with Crippen molar-refractivity contribution in [3.63, 3.8) is 0 Å². The smallest absolute Gasteiger partial charge is 0.348 e.